The van der Waals surface area contributed by atoms with Crippen LogP contribution in [0.1, 0.15) is 46.6 Å². The van der Waals surface area contributed by atoms with Gasteiger partial charge in [-0.05, 0) is 62.4 Å². The molecule has 0 aliphatic carbocycles. The van der Waals surface area contributed by atoms with Gasteiger partial charge in [-0.3, -0.25) is 9.38 Å². The molecule has 4 nitrogen and oxygen atoms in total. The van der Waals surface area contributed by atoms with Crippen molar-refractivity contribution >= 4 is 11.5 Å². The number of hydrogen-bond acceptors (Lipinski definition) is 3. The van der Waals surface area contributed by atoms with Crippen LogP contribution in [0.2, 0.25) is 0 Å². The van der Waals surface area contributed by atoms with E-state index in [4.69, 9.17) is 4.98 Å². The topological polar surface area (TPSA) is 42.2 Å². The number of pyridine rings is 2. The third kappa shape index (κ3) is 4.01. The SMILES string of the molecule is Cc1ccn2c(NC(C)(C)CC(C)(C)C)c(-c3cccnc3)nc2c1. The highest BCUT2D eigenvalue weighted by Crippen LogP contribution is 2.34. The van der Waals surface area contributed by atoms with E-state index in [2.05, 4.69) is 80.6 Å². The van der Waals surface area contributed by atoms with E-state index < -0.39 is 0 Å². The van der Waals surface area contributed by atoms with Crippen LogP contribution >= 0.6 is 0 Å². The van der Waals surface area contributed by atoms with Gasteiger partial charge in [-0.25, -0.2) is 4.98 Å². The lowest BCUT2D eigenvalue weighted by molar-refractivity contribution is 0.302. The van der Waals surface area contributed by atoms with Crippen molar-refractivity contribution in [2.75, 3.05) is 5.32 Å². The van der Waals surface area contributed by atoms with Gasteiger partial charge in [0.15, 0.2) is 0 Å². The van der Waals surface area contributed by atoms with E-state index in [-0.39, 0.29) is 11.0 Å². The summed E-state index contributed by atoms with van der Waals surface area (Å²) in [6, 6.07) is 8.24. The zero-order valence-corrected chi connectivity index (χ0v) is 16.1. The molecule has 3 rings (SSSR count). The van der Waals surface area contributed by atoms with Crippen LogP contribution in [0, 0.1) is 12.3 Å². The third-order valence-electron chi connectivity index (χ3n) is 4.15. The van der Waals surface area contributed by atoms with Gasteiger partial charge in [-0.2, -0.15) is 0 Å². The molecule has 0 atom stereocenters. The predicted molar refractivity (Wildman–Crippen MR) is 105 cm³/mol. The maximum Gasteiger partial charge on any atom is 0.139 e. The van der Waals surface area contributed by atoms with Gasteiger partial charge in [0, 0.05) is 29.7 Å². The molecule has 0 saturated heterocycles. The van der Waals surface area contributed by atoms with E-state index >= 15 is 0 Å². The maximum atomic E-state index is 4.88. The van der Waals surface area contributed by atoms with E-state index in [1.807, 2.05) is 12.3 Å². The first-order valence-corrected chi connectivity index (χ1v) is 8.82. The number of nitrogens with zero attached hydrogens (tertiary/aromatic N) is 3. The van der Waals surface area contributed by atoms with E-state index in [1.165, 1.54) is 5.56 Å². The maximum absolute atomic E-state index is 4.88. The minimum atomic E-state index is -0.0595. The first-order chi connectivity index (χ1) is 11.6. The van der Waals surface area contributed by atoms with Gasteiger partial charge in [-0.1, -0.05) is 20.8 Å². The summed E-state index contributed by atoms with van der Waals surface area (Å²) in [5, 5.41) is 3.76. The Labute approximate surface area is 150 Å². The fourth-order valence-electron chi connectivity index (χ4n) is 3.66. The highest BCUT2D eigenvalue weighted by Gasteiger charge is 2.28. The number of aryl methyl sites for hydroxylation is 1. The Kier molecular flexibility index (Phi) is 4.31. The van der Waals surface area contributed by atoms with Gasteiger partial charge in [0.2, 0.25) is 0 Å². The van der Waals surface area contributed by atoms with Gasteiger partial charge in [0.25, 0.3) is 0 Å². The summed E-state index contributed by atoms with van der Waals surface area (Å²) in [5.74, 6) is 1.03. The number of aromatic nitrogens is 3. The van der Waals surface area contributed by atoms with Gasteiger partial charge in [-0.15, -0.1) is 0 Å². The molecule has 0 bridgehead atoms. The van der Waals surface area contributed by atoms with Crippen molar-refractivity contribution in [2.24, 2.45) is 5.41 Å². The first kappa shape index (κ1) is 17.5. The van der Waals surface area contributed by atoms with Gasteiger partial charge < -0.3 is 5.32 Å². The molecule has 0 saturated carbocycles. The molecule has 0 aliphatic heterocycles. The number of anilines is 1. The molecule has 0 spiro atoms. The Balaban J connectivity index is 2.12. The molecule has 0 aliphatic rings. The molecule has 3 aromatic rings. The minimum Gasteiger partial charge on any atom is -0.364 e. The predicted octanol–water partition coefficient (Wildman–Crippen LogP) is 5.33. The van der Waals surface area contributed by atoms with E-state index in [1.54, 1.807) is 6.20 Å². The molecule has 3 heterocycles. The highest BCUT2D eigenvalue weighted by molar-refractivity contribution is 5.76. The molecule has 3 aromatic heterocycles. The number of nitrogens with one attached hydrogen (secondary N) is 1. The van der Waals surface area contributed by atoms with Crippen LogP contribution in [0.5, 0.6) is 0 Å². The van der Waals surface area contributed by atoms with Gasteiger partial charge >= 0.3 is 0 Å². The van der Waals surface area contributed by atoms with Crippen LogP contribution in [0.3, 0.4) is 0 Å². The number of rotatable bonds is 4. The smallest absolute Gasteiger partial charge is 0.139 e. The second-order valence-electron chi connectivity index (χ2n) is 8.73. The fraction of sp³-hybridized carbons (Fsp3) is 0.429. The molecule has 4 heteroatoms. The first-order valence-electron chi connectivity index (χ1n) is 8.82. The fourth-order valence-corrected chi connectivity index (χ4v) is 3.66. The van der Waals surface area contributed by atoms with Crippen LogP contribution in [0.4, 0.5) is 5.82 Å². The van der Waals surface area contributed by atoms with Crippen LogP contribution in [-0.2, 0) is 0 Å². The molecule has 25 heavy (non-hydrogen) atoms. The summed E-state index contributed by atoms with van der Waals surface area (Å²) in [6.45, 7) is 13.4. The second-order valence-corrected chi connectivity index (χ2v) is 8.73. The quantitative estimate of drug-likeness (QED) is 0.700. The van der Waals surface area contributed by atoms with Gasteiger partial charge in [0.1, 0.15) is 17.2 Å². The number of hydrogen-bond donors (Lipinski definition) is 1. The zero-order chi connectivity index (χ0) is 18.2. The average molecular weight is 336 g/mol. The highest BCUT2D eigenvalue weighted by atomic mass is 15.2. The monoisotopic (exact) mass is 336 g/mol. The van der Waals surface area contributed by atoms with Crippen molar-refractivity contribution in [3.63, 3.8) is 0 Å². The minimum absolute atomic E-state index is 0.0595. The van der Waals surface area contributed by atoms with Crippen molar-refractivity contribution in [1.29, 1.82) is 0 Å². The largest absolute Gasteiger partial charge is 0.364 e. The third-order valence-corrected chi connectivity index (χ3v) is 4.15. The average Bonchev–Trinajstić information content (AvgIpc) is 2.82. The lowest BCUT2D eigenvalue weighted by Crippen LogP contribution is -2.36. The Morgan fingerprint density at radius 3 is 2.52 bits per heavy atom. The summed E-state index contributed by atoms with van der Waals surface area (Å²) in [4.78, 5) is 9.15. The van der Waals surface area contributed by atoms with Crippen LogP contribution < -0.4 is 5.32 Å². The molecular weight excluding hydrogens is 308 g/mol. The Morgan fingerprint density at radius 1 is 1.12 bits per heavy atom. The summed E-state index contributed by atoms with van der Waals surface area (Å²) >= 11 is 0. The Hall–Kier alpha value is -2.36. The molecule has 0 aromatic carbocycles. The van der Waals surface area contributed by atoms with Crippen molar-refractivity contribution < 1.29 is 0 Å². The Morgan fingerprint density at radius 2 is 1.88 bits per heavy atom. The molecule has 0 unspecified atom stereocenters. The van der Waals surface area contributed by atoms with Crippen LogP contribution in [0.15, 0.2) is 42.9 Å². The van der Waals surface area contributed by atoms with Crippen LogP contribution in [-0.4, -0.2) is 19.9 Å². The molecular formula is C21H28N4. The molecule has 0 fully saturated rings. The van der Waals surface area contributed by atoms with Crippen molar-refractivity contribution in [3.05, 3.63) is 48.4 Å². The summed E-state index contributed by atoms with van der Waals surface area (Å²) in [7, 11) is 0. The second kappa shape index (κ2) is 6.17. The van der Waals surface area contributed by atoms with E-state index in [0.29, 0.717) is 0 Å². The van der Waals surface area contributed by atoms with Gasteiger partial charge in [0.05, 0.1) is 0 Å². The van der Waals surface area contributed by atoms with Crippen molar-refractivity contribution in [3.8, 4) is 11.3 Å². The summed E-state index contributed by atoms with van der Waals surface area (Å²) < 4.78 is 2.14. The number of imidazole rings is 1. The van der Waals surface area contributed by atoms with Crippen molar-refractivity contribution in [2.45, 2.75) is 53.5 Å². The zero-order valence-electron chi connectivity index (χ0n) is 16.1. The van der Waals surface area contributed by atoms with Crippen LogP contribution in [0.25, 0.3) is 16.9 Å². The summed E-state index contributed by atoms with van der Waals surface area (Å²) in [5.41, 5.74) is 4.31. The normalized spacial score (nSPS) is 12.6. The van der Waals surface area contributed by atoms with E-state index in [0.717, 1.165) is 29.1 Å². The summed E-state index contributed by atoms with van der Waals surface area (Å²) in [6.07, 6.45) is 6.80. The molecule has 0 radical (unpaired) electrons. The van der Waals surface area contributed by atoms with E-state index in [9.17, 15) is 0 Å². The molecule has 132 valence electrons. The number of fused-ring (bicyclic) bond motifs is 1. The standard InChI is InChI=1S/C21H28N4/c1-15-9-11-25-17(12-15)23-18(16-8-7-10-22-13-16)19(25)24-21(5,6)14-20(2,3)4/h7-13,24H,14H2,1-6H3. The molecule has 1 N–H and O–H groups in total. The lowest BCUT2D eigenvalue weighted by Gasteiger charge is -2.34. The lowest BCUT2D eigenvalue weighted by atomic mass is 9.82. The molecule has 0 amide bonds. The van der Waals surface area contributed by atoms with Crippen molar-refractivity contribution in [1.82, 2.24) is 14.4 Å². The Bertz CT molecular complexity index is 870.